The van der Waals surface area contributed by atoms with Crippen LogP contribution in [-0.4, -0.2) is 15.9 Å². The monoisotopic (exact) mass is 233 g/mol. The lowest BCUT2D eigenvalue weighted by Gasteiger charge is -2.03. The summed E-state index contributed by atoms with van der Waals surface area (Å²) >= 11 is 0. The van der Waals surface area contributed by atoms with Gasteiger partial charge < -0.3 is 15.2 Å². The maximum Gasteiger partial charge on any atom is 0.271 e. The van der Waals surface area contributed by atoms with Crippen molar-refractivity contribution in [3.63, 3.8) is 0 Å². The molecule has 0 aliphatic carbocycles. The van der Waals surface area contributed by atoms with Crippen LogP contribution in [0, 0.1) is 0 Å². The van der Waals surface area contributed by atoms with Crippen LogP contribution >= 0.6 is 0 Å². The van der Waals surface area contributed by atoms with Gasteiger partial charge in [0.15, 0.2) is 5.82 Å². The summed E-state index contributed by atoms with van der Waals surface area (Å²) in [6.45, 7) is 0.299. The Hall–Kier alpha value is -2.41. The quantitative estimate of drug-likeness (QED) is 0.517. The van der Waals surface area contributed by atoms with Crippen molar-refractivity contribution in [3.8, 4) is 0 Å². The van der Waals surface area contributed by atoms with Crippen LogP contribution in [0.4, 0.5) is 5.82 Å². The number of carbonyl (C=O) groups is 1. The zero-order valence-electron chi connectivity index (χ0n) is 8.88. The number of nitrogens with two attached hydrogens (primary N) is 1. The van der Waals surface area contributed by atoms with E-state index in [0.29, 0.717) is 18.1 Å². The van der Waals surface area contributed by atoms with Crippen molar-refractivity contribution in [1.29, 1.82) is 0 Å². The second-order valence-electron chi connectivity index (χ2n) is 3.20. The molecule has 0 atom stereocenters. The predicted molar refractivity (Wildman–Crippen MR) is 59.7 cm³/mol. The Morgan fingerprint density at radius 2 is 2.35 bits per heavy atom. The summed E-state index contributed by atoms with van der Waals surface area (Å²) < 4.78 is 5.08. The van der Waals surface area contributed by atoms with Gasteiger partial charge in [0, 0.05) is 0 Å². The van der Waals surface area contributed by atoms with Crippen molar-refractivity contribution < 1.29 is 9.21 Å². The first-order valence-electron chi connectivity index (χ1n) is 4.89. The van der Waals surface area contributed by atoms with E-state index in [-0.39, 0.29) is 11.6 Å². The molecule has 2 heterocycles. The maximum atomic E-state index is 11.7. The number of aromatic nitrogens is 2. The number of furan rings is 1. The number of hydrazine groups is 1. The fourth-order valence-corrected chi connectivity index (χ4v) is 1.22. The third-order valence-corrected chi connectivity index (χ3v) is 2.02. The second-order valence-corrected chi connectivity index (χ2v) is 3.20. The SMILES string of the molecule is NNc1cncc(C(=O)NCc2ccco2)n1. The molecule has 0 aliphatic rings. The summed E-state index contributed by atoms with van der Waals surface area (Å²) in [7, 11) is 0. The van der Waals surface area contributed by atoms with Crippen molar-refractivity contribution in [1.82, 2.24) is 15.3 Å². The number of carbonyl (C=O) groups excluding carboxylic acids is 1. The highest BCUT2D eigenvalue weighted by atomic mass is 16.3. The Bertz CT molecular complexity index is 497. The Kier molecular flexibility index (Phi) is 3.31. The maximum absolute atomic E-state index is 11.7. The molecule has 0 unspecified atom stereocenters. The molecule has 2 rings (SSSR count). The highest BCUT2D eigenvalue weighted by Gasteiger charge is 2.08. The van der Waals surface area contributed by atoms with Crippen LogP contribution in [-0.2, 0) is 6.54 Å². The Balaban J connectivity index is 1.99. The summed E-state index contributed by atoms with van der Waals surface area (Å²) in [5.41, 5.74) is 2.51. The summed E-state index contributed by atoms with van der Waals surface area (Å²) in [4.78, 5) is 19.5. The minimum absolute atomic E-state index is 0.187. The van der Waals surface area contributed by atoms with Gasteiger partial charge in [0.2, 0.25) is 0 Å². The van der Waals surface area contributed by atoms with Crippen molar-refractivity contribution in [2.45, 2.75) is 6.54 Å². The Morgan fingerprint density at radius 1 is 1.47 bits per heavy atom. The molecule has 0 radical (unpaired) electrons. The van der Waals surface area contributed by atoms with Gasteiger partial charge in [0.25, 0.3) is 5.91 Å². The molecule has 0 aromatic carbocycles. The van der Waals surface area contributed by atoms with Gasteiger partial charge in [-0.3, -0.25) is 9.78 Å². The van der Waals surface area contributed by atoms with E-state index in [1.807, 2.05) is 0 Å². The van der Waals surface area contributed by atoms with E-state index in [2.05, 4.69) is 20.7 Å². The van der Waals surface area contributed by atoms with Crippen molar-refractivity contribution in [2.24, 2.45) is 5.84 Å². The van der Waals surface area contributed by atoms with Crippen molar-refractivity contribution in [3.05, 3.63) is 42.2 Å². The van der Waals surface area contributed by atoms with Crippen LogP contribution in [0.5, 0.6) is 0 Å². The molecule has 7 heteroatoms. The number of nitrogens with zero attached hydrogens (tertiary/aromatic N) is 2. The van der Waals surface area contributed by atoms with Crippen molar-refractivity contribution >= 4 is 11.7 Å². The highest BCUT2D eigenvalue weighted by molar-refractivity contribution is 5.92. The summed E-state index contributed by atoms with van der Waals surface area (Å²) in [5, 5.41) is 2.65. The van der Waals surface area contributed by atoms with Gasteiger partial charge in [-0.25, -0.2) is 10.8 Å². The van der Waals surface area contributed by atoms with E-state index in [1.54, 1.807) is 18.4 Å². The molecule has 2 aromatic heterocycles. The van der Waals surface area contributed by atoms with Gasteiger partial charge in [-0.15, -0.1) is 0 Å². The molecule has 0 aliphatic heterocycles. The number of hydrogen-bond donors (Lipinski definition) is 3. The highest BCUT2D eigenvalue weighted by Crippen LogP contribution is 2.02. The lowest BCUT2D eigenvalue weighted by Crippen LogP contribution is -2.24. The van der Waals surface area contributed by atoms with E-state index in [0.717, 1.165) is 0 Å². The summed E-state index contributed by atoms with van der Waals surface area (Å²) in [5.74, 6) is 5.82. The first kappa shape index (κ1) is 11.1. The lowest BCUT2D eigenvalue weighted by molar-refractivity contribution is 0.0943. The summed E-state index contributed by atoms with van der Waals surface area (Å²) in [6.07, 6.45) is 4.32. The van der Waals surface area contributed by atoms with Crippen LogP contribution in [0.25, 0.3) is 0 Å². The third kappa shape index (κ3) is 2.79. The smallest absolute Gasteiger partial charge is 0.271 e. The number of amides is 1. The molecule has 17 heavy (non-hydrogen) atoms. The molecule has 88 valence electrons. The minimum atomic E-state index is -0.342. The number of nitrogen functional groups attached to an aromatic ring is 1. The molecule has 0 saturated carbocycles. The van der Waals surface area contributed by atoms with Crippen molar-refractivity contribution in [2.75, 3.05) is 5.43 Å². The van der Waals surface area contributed by atoms with Gasteiger partial charge >= 0.3 is 0 Å². The van der Waals surface area contributed by atoms with E-state index in [4.69, 9.17) is 10.3 Å². The zero-order chi connectivity index (χ0) is 12.1. The first-order valence-corrected chi connectivity index (χ1v) is 4.89. The number of hydrogen-bond acceptors (Lipinski definition) is 6. The predicted octanol–water partition coefficient (Wildman–Crippen LogP) is 0.285. The van der Waals surface area contributed by atoms with Gasteiger partial charge in [-0.05, 0) is 12.1 Å². The molecule has 0 bridgehead atoms. The van der Waals surface area contributed by atoms with Crippen LogP contribution in [0.15, 0.2) is 35.2 Å². The molecule has 0 spiro atoms. The second kappa shape index (κ2) is 5.08. The van der Waals surface area contributed by atoms with E-state index < -0.39 is 0 Å². The normalized spacial score (nSPS) is 9.94. The number of nitrogens with one attached hydrogen (secondary N) is 2. The molecule has 2 aromatic rings. The molecule has 0 fully saturated rings. The third-order valence-electron chi connectivity index (χ3n) is 2.02. The first-order chi connectivity index (χ1) is 8.29. The Labute approximate surface area is 97.0 Å². The fourth-order valence-electron chi connectivity index (χ4n) is 1.22. The van der Waals surface area contributed by atoms with E-state index in [9.17, 15) is 4.79 Å². The van der Waals surface area contributed by atoms with Crippen LogP contribution in [0.3, 0.4) is 0 Å². The van der Waals surface area contributed by atoms with Crippen LogP contribution in [0.2, 0.25) is 0 Å². The number of rotatable bonds is 4. The fraction of sp³-hybridized carbons (Fsp3) is 0.100. The van der Waals surface area contributed by atoms with E-state index in [1.165, 1.54) is 12.4 Å². The molecule has 4 N–H and O–H groups in total. The average Bonchev–Trinajstić information content (AvgIpc) is 2.89. The Morgan fingerprint density at radius 3 is 3.06 bits per heavy atom. The largest absolute Gasteiger partial charge is 0.467 e. The van der Waals surface area contributed by atoms with Gasteiger partial charge in [0.1, 0.15) is 11.5 Å². The number of anilines is 1. The molecular weight excluding hydrogens is 222 g/mol. The van der Waals surface area contributed by atoms with E-state index >= 15 is 0 Å². The van der Waals surface area contributed by atoms with Crippen LogP contribution < -0.4 is 16.6 Å². The van der Waals surface area contributed by atoms with Gasteiger partial charge in [-0.1, -0.05) is 0 Å². The summed E-state index contributed by atoms with van der Waals surface area (Å²) in [6, 6.07) is 3.52. The lowest BCUT2D eigenvalue weighted by atomic mass is 10.4. The molecule has 0 saturated heterocycles. The topological polar surface area (TPSA) is 106 Å². The van der Waals surface area contributed by atoms with Gasteiger partial charge in [-0.2, -0.15) is 0 Å². The minimum Gasteiger partial charge on any atom is -0.467 e. The van der Waals surface area contributed by atoms with Crippen LogP contribution in [0.1, 0.15) is 16.2 Å². The zero-order valence-corrected chi connectivity index (χ0v) is 8.88. The molecular formula is C10H11N5O2. The molecule has 7 nitrogen and oxygen atoms in total. The average molecular weight is 233 g/mol. The van der Waals surface area contributed by atoms with Gasteiger partial charge in [0.05, 0.1) is 25.2 Å². The molecule has 1 amide bonds. The standard InChI is InChI=1S/C10H11N5O2/c11-15-9-6-12-5-8(14-9)10(16)13-4-7-2-1-3-17-7/h1-3,5-6H,4,11H2,(H,13,16)(H,14,15).